The van der Waals surface area contributed by atoms with Gasteiger partial charge in [-0.15, -0.1) is 11.8 Å². The van der Waals surface area contributed by atoms with Gasteiger partial charge in [0.05, 0.1) is 12.6 Å². The minimum Gasteiger partial charge on any atom is -0.448 e. The largest absolute Gasteiger partial charge is 0.448 e. The minimum absolute atomic E-state index is 0.00697. The molecule has 6 heteroatoms. The lowest BCUT2D eigenvalue weighted by atomic mass is 10.3. The third kappa shape index (κ3) is 2.90. The number of carbonyl (C=O) groups excluding carboxylic acids is 1. The van der Waals surface area contributed by atoms with Crippen LogP contribution < -0.4 is 10.6 Å². The Kier molecular flexibility index (Phi) is 3.56. The maximum Gasteiger partial charge on any atom is 0.238 e. The predicted octanol–water partition coefficient (Wildman–Crippen LogP) is 1.21. The molecular weight excluding hydrogens is 236 g/mol. The molecule has 4 nitrogen and oxygen atoms in total. The van der Waals surface area contributed by atoms with Crippen LogP contribution in [-0.2, 0) is 11.3 Å². The highest BCUT2D eigenvalue weighted by Crippen LogP contribution is 2.13. The van der Waals surface area contributed by atoms with Crippen LogP contribution in [0.15, 0.2) is 16.5 Å². The van der Waals surface area contributed by atoms with E-state index in [0.29, 0.717) is 17.5 Å². The highest BCUT2D eigenvalue weighted by atomic mass is 35.5. The Morgan fingerprint density at radius 2 is 2.60 bits per heavy atom. The summed E-state index contributed by atoms with van der Waals surface area (Å²) in [4.78, 5) is 11.6. The van der Waals surface area contributed by atoms with E-state index in [1.54, 1.807) is 23.9 Å². The van der Waals surface area contributed by atoms with Crippen molar-refractivity contribution in [3.63, 3.8) is 0 Å². The summed E-state index contributed by atoms with van der Waals surface area (Å²) in [7, 11) is 0. The molecule has 0 bridgehead atoms. The van der Waals surface area contributed by atoms with Crippen molar-refractivity contribution in [1.82, 2.24) is 10.6 Å². The van der Waals surface area contributed by atoms with Crippen LogP contribution in [0.1, 0.15) is 5.76 Å². The highest BCUT2D eigenvalue weighted by Gasteiger charge is 2.22. The van der Waals surface area contributed by atoms with Crippen LogP contribution in [0.4, 0.5) is 0 Å². The molecule has 1 aromatic rings. The predicted molar refractivity (Wildman–Crippen MR) is 59.8 cm³/mol. The first-order valence-electron chi connectivity index (χ1n) is 4.59. The Morgan fingerprint density at radius 3 is 3.20 bits per heavy atom. The molecule has 1 atom stereocenters. The Bertz CT molecular complexity index is 350. The van der Waals surface area contributed by atoms with Gasteiger partial charge in [-0.3, -0.25) is 10.1 Å². The van der Waals surface area contributed by atoms with Crippen LogP contribution in [0.25, 0.3) is 0 Å². The summed E-state index contributed by atoms with van der Waals surface area (Å²) in [6.45, 7) is 0.383. The van der Waals surface area contributed by atoms with Gasteiger partial charge in [-0.25, -0.2) is 0 Å². The highest BCUT2D eigenvalue weighted by molar-refractivity contribution is 7.99. The number of nitrogens with one attached hydrogen (secondary N) is 2. The van der Waals surface area contributed by atoms with Crippen molar-refractivity contribution in [3.8, 4) is 0 Å². The average molecular weight is 247 g/mol. The van der Waals surface area contributed by atoms with Crippen LogP contribution in [0.3, 0.4) is 0 Å². The standard InChI is InChI=1S/C9H11ClN2O2S/c10-8-2-1-6(14-8)3-11-9(13)7-4-15-5-12-7/h1-2,7,12H,3-5H2,(H,11,13). The summed E-state index contributed by atoms with van der Waals surface area (Å²) in [5, 5.41) is 6.22. The number of furan rings is 1. The van der Waals surface area contributed by atoms with Crippen molar-refractivity contribution >= 4 is 29.3 Å². The average Bonchev–Trinajstić information content (AvgIpc) is 2.84. The van der Waals surface area contributed by atoms with Gasteiger partial charge in [0.2, 0.25) is 5.91 Å². The Hall–Kier alpha value is -0.650. The zero-order chi connectivity index (χ0) is 10.7. The fourth-order valence-electron chi connectivity index (χ4n) is 1.31. The van der Waals surface area contributed by atoms with Crippen molar-refractivity contribution < 1.29 is 9.21 Å². The summed E-state index contributed by atoms with van der Waals surface area (Å²) in [6.07, 6.45) is 0. The number of thioether (sulfide) groups is 1. The quantitative estimate of drug-likeness (QED) is 0.842. The third-order valence-electron chi connectivity index (χ3n) is 2.10. The van der Waals surface area contributed by atoms with Crippen molar-refractivity contribution in [2.75, 3.05) is 11.6 Å². The van der Waals surface area contributed by atoms with Gasteiger partial charge in [0.1, 0.15) is 5.76 Å². The monoisotopic (exact) mass is 246 g/mol. The molecule has 0 spiro atoms. The summed E-state index contributed by atoms with van der Waals surface area (Å²) in [5.41, 5.74) is 0. The number of hydrogen-bond donors (Lipinski definition) is 2. The molecule has 2 N–H and O–H groups in total. The van der Waals surface area contributed by atoms with Crippen molar-refractivity contribution in [2.24, 2.45) is 0 Å². The molecule has 0 radical (unpaired) electrons. The molecule has 82 valence electrons. The topological polar surface area (TPSA) is 54.3 Å². The second-order valence-corrected chi connectivity index (χ2v) is 4.60. The van der Waals surface area contributed by atoms with Crippen LogP contribution in [0.5, 0.6) is 0 Å². The Balaban J connectivity index is 1.80. The Morgan fingerprint density at radius 1 is 1.73 bits per heavy atom. The summed E-state index contributed by atoms with van der Waals surface area (Å²) in [5.74, 6) is 2.33. The first-order valence-corrected chi connectivity index (χ1v) is 6.12. The van der Waals surface area contributed by atoms with E-state index in [0.717, 1.165) is 11.6 Å². The minimum atomic E-state index is -0.0829. The van der Waals surface area contributed by atoms with E-state index in [2.05, 4.69) is 10.6 Å². The van der Waals surface area contributed by atoms with Crippen LogP contribution in [0, 0.1) is 0 Å². The van der Waals surface area contributed by atoms with E-state index >= 15 is 0 Å². The van der Waals surface area contributed by atoms with E-state index < -0.39 is 0 Å². The lowest BCUT2D eigenvalue weighted by Gasteiger charge is -2.08. The first kappa shape index (κ1) is 10.9. The third-order valence-corrected chi connectivity index (χ3v) is 3.24. The summed E-state index contributed by atoms with van der Waals surface area (Å²) >= 11 is 7.33. The van der Waals surface area contributed by atoms with E-state index in [-0.39, 0.29) is 11.9 Å². The lowest BCUT2D eigenvalue weighted by Crippen LogP contribution is -2.41. The van der Waals surface area contributed by atoms with Crippen LogP contribution in [0.2, 0.25) is 5.22 Å². The normalized spacial score (nSPS) is 20.5. The summed E-state index contributed by atoms with van der Waals surface area (Å²) < 4.78 is 5.12. The second kappa shape index (κ2) is 4.92. The molecule has 1 unspecified atom stereocenters. The smallest absolute Gasteiger partial charge is 0.238 e. The van der Waals surface area contributed by atoms with E-state index in [4.69, 9.17) is 16.0 Å². The molecule has 15 heavy (non-hydrogen) atoms. The van der Waals surface area contributed by atoms with Gasteiger partial charge < -0.3 is 9.73 Å². The van der Waals surface area contributed by atoms with Crippen molar-refractivity contribution in [2.45, 2.75) is 12.6 Å². The van der Waals surface area contributed by atoms with Crippen molar-refractivity contribution in [1.29, 1.82) is 0 Å². The van der Waals surface area contributed by atoms with Gasteiger partial charge >= 0.3 is 0 Å². The SMILES string of the molecule is O=C(NCc1ccc(Cl)o1)C1CSCN1. The molecule has 1 saturated heterocycles. The van der Waals surface area contributed by atoms with E-state index in [1.165, 1.54) is 0 Å². The maximum absolute atomic E-state index is 11.6. The zero-order valence-corrected chi connectivity index (χ0v) is 9.53. The maximum atomic E-state index is 11.6. The number of halogens is 1. The van der Waals surface area contributed by atoms with Crippen LogP contribution in [-0.4, -0.2) is 23.6 Å². The molecule has 1 aromatic heterocycles. The molecule has 1 fully saturated rings. The van der Waals surface area contributed by atoms with Gasteiger partial charge in [-0.2, -0.15) is 0 Å². The molecule has 0 aliphatic carbocycles. The molecule has 0 aromatic carbocycles. The second-order valence-electron chi connectivity index (χ2n) is 3.20. The molecule has 1 amide bonds. The van der Waals surface area contributed by atoms with Gasteiger partial charge in [0.25, 0.3) is 0 Å². The molecule has 2 heterocycles. The lowest BCUT2D eigenvalue weighted by molar-refractivity contribution is -0.122. The molecule has 1 aliphatic rings. The number of rotatable bonds is 3. The first-order chi connectivity index (χ1) is 7.25. The Labute approximate surface area is 96.7 Å². The fourth-order valence-corrected chi connectivity index (χ4v) is 2.41. The molecule has 2 rings (SSSR count). The summed E-state index contributed by atoms with van der Waals surface area (Å²) in [6, 6.07) is 3.33. The molecule has 1 aliphatic heterocycles. The van der Waals surface area contributed by atoms with E-state index in [9.17, 15) is 4.79 Å². The molecule has 0 saturated carbocycles. The van der Waals surface area contributed by atoms with E-state index in [1.807, 2.05) is 0 Å². The zero-order valence-electron chi connectivity index (χ0n) is 7.96. The van der Waals surface area contributed by atoms with Gasteiger partial charge in [0.15, 0.2) is 5.22 Å². The van der Waals surface area contributed by atoms with Gasteiger partial charge in [-0.05, 0) is 23.7 Å². The molecular formula is C9H11ClN2O2S. The number of hydrogen-bond acceptors (Lipinski definition) is 4. The van der Waals surface area contributed by atoms with Gasteiger partial charge in [0, 0.05) is 11.6 Å². The fraction of sp³-hybridized carbons (Fsp3) is 0.444. The number of amides is 1. The van der Waals surface area contributed by atoms with Crippen molar-refractivity contribution in [3.05, 3.63) is 23.1 Å². The number of carbonyl (C=O) groups is 1. The van der Waals surface area contributed by atoms with Gasteiger partial charge in [-0.1, -0.05) is 0 Å². The van der Waals surface area contributed by atoms with Crippen LogP contribution >= 0.6 is 23.4 Å².